The van der Waals surface area contributed by atoms with E-state index in [4.69, 9.17) is 15.9 Å². The van der Waals surface area contributed by atoms with Gasteiger partial charge in [-0.3, -0.25) is 9.59 Å². The van der Waals surface area contributed by atoms with E-state index < -0.39 is 18.0 Å². The molecule has 4 N–H and O–H groups in total. The van der Waals surface area contributed by atoms with Crippen molar-refractivity contribution in [2.75, 3.05) is 0 Å². The number of thioether (sulfide) groups is 1. The average molecular weight is 366 g/mol. The van der Waals surface area contributed by atoms with E-state index in [-0.39, 0.29) is 12.8 Å². The fourth-order valence-electron chi connectivity index (χ4n) is 2.10. The lowest BCUT2D eigenvalue weighted by Gasteiger charge is -2.08. The molecule has 0 aliphatic rings. The van der Waals surface area contributed by atoms with Crippen LogP contribution in [0.15, 0.2) is 28.6 Å². The van der Waals surface area contributed by atoms with Crippen LogP contribution in [0, 0.1) is 6.92 Å². The van der Waals surface area contributed by atoms with Crippen LogP contribution in [0.1, 0.15) is 21.7 Å². The van der Waals surface area contributed by atoms with Gasteiger partial charge in [-0.15, -0.1) is 11.3 Å². The summed E-state index contributed by atoms with van der Waals surface area (Å²) in [7, 11) is 0. The Hall–Kier alpha value is -1.90. The monoisotopic (exact) mass is 366 g/mol. The van der Waals surface area contributed by atoms with E-state index in [1.54, 1.807) is 0 Å². The number of carbonyl (C=O) groups is 2. The molecule has 0 aliphatic carbocycles. The topological polar surface area (TPSA) is 114 Å². The van der Waals surface area contributed by atoms with E-state index >= 15 is 0 Å². The molecule has 128 valence electrons. The molecule has 2 aromatic rings. The lowest BCUT2D eigenvalue weighted by Crippen LogP contribution is -2.32. The summed E-state index contributed by atoms with van der Waals surface area (Å²) in [6.07, 6.45) is 0.277. The van der Waals surface area contributed by atoms with E-state index in [1.165, 1.54) is 23.1 Å². The molecule has 0 saturated carbocycles. The minimum atomic E-state index is -1.01. The molecule has 1 aromatic heterocycles. The number of hydrogen-bond acceptors (Lipinski definition) is 6. The number of aryl methyl sites for hydroxylation is 1. The van der Waals surface area contributed by atoms with Gasteiger partial charge in [0.05, 0.1) is 12.1 Å². The van der Waals surface area contributed by atoms with Gasteiger partial charge in [0.1, 0.15) is 6.04 Å². The molecule has 0 saturated heterocycles. The van der Waals surface area contributed by atoms with Gasteiger partial charge in [0, 0.05) is 10.6 Å². The Morgan fingerprint density at radius 1 is 1.33 bits per heavy atom. The third-order valence-corrected chi connectivity index (χ3v) is 5.68. The van der Waals surface area contributed by atoms with E-state index in [0.717, 1.165) is 26.0 Å². The van der Waals surface area contributed by atoms with Crippen molar-refractivity contribution in [3.63, 3.8) is 0 Å². The van der Waals surface area contributed by atoms with Crippen LogP contribution in [-0.2, 0) is 28.2 Å². The number of carboxylic acid groups (broad SMARTS) is 2. The minimum Gasteiger partial charge on any atom is -0.481 e. The summed E-state index contributed by atoms with van der Waals surface area (Å²) in [6, 6.07) is 6.72. The maximum atomic E-state index is 10.8. The second-order valence-corrected chi connectivity index (χ2v) is 7.62. The first-order valence-electron chi connectivity index (χ1n) is 7.22. The summed E-state index contributed by atoms with van der Waals surface area (Å²) in [6.45, 7) is 1.81. The Bertz CT molecular complexity index is 745. The van der Waals surface area contributed by atoms with Gasteiger partial charge in [-0.05, 0) is 24.5 Å². The molecule has 0 bridgehead atoms. The highest BCUT2D eigenvalue weighted by Gasteiger charge is 2.13. The molecule has 1 heterocycles. The number of rotatable bonds is 8. The van der Waals surface area contributed by atoms with Gasteiger partial charge in [-0.1, -0.05) is 36.0 Å². The smallest absolute Gasteiger partial charge is 0.320 e. The van der Waals surface area contributed by atoms with Gasteiger partial charge >= 0.3 is 11.9 Å². The van der Waals surface area contributed by atoms with Crippen molar-refractivity contribution in [2.45, 2.75) is 35.9 Å². The van der Waals surface area contributed by atoms with Crippen LogP contribution in [0.3, 0.4) is 0 Å². The van der Waals surface area contributed by atoms with Crippen molar-refractivity contribution in [3.05, 3.63) is 46.0 Å². The molecule has 0 amide bonds. The van der Waals surface area contributed by atoms with Crippen molar-refractivity contribution < 1.29 is 19.8 Å². The second kappa shape index (κ2) is 8.27. The van der Waals surface area contributed by atoms with Crippen LogP contribution in [0.5, 0.6) is 0 Å². The lowest BCUT2D eigenvalue weighted by molar-refractivity contribution is -0.138. The lowest BCUT2D eigenvalue weighted by atomic mass is 10.0. The van der Waals surface area contributed by atoms with Gasteiger partial charge in [-0.25, -0.2) is 4.98 Å². The zero-order valence-electron chi connectivity index (χ0n) is 13.1. The summed E-state index contributed by atoms with van der Waals surface area (Å²) in [5.74, 6) is -1.20. The number of carboxylic acids is 2. The number of nitrogens with two attached hydrogens (primary N) is 1. The van der Waals surface area contributed by atoms with Crippen LogP contribution in [0.2, 0.25) is 0 Å². The fourth-order valence-corrected chi connectivity index (χ4v) is 4.26. The van der Waals surface area contributed by atoms with Crippen LogP contribution >= 0.6 is 23.1 Å². The standard InChI is InChI=1S/C16H18N2O4S2/c1-9-13(7-14(19)20)24-16(18-9)23-8-11-4-2-3-10(5-11)6-12(17)15(21)22/h2-5,12H,6-8,17H2,1H3,(H,19,20)(H,21,22). The molecular formula is C16H18N2O4S2. The minimum absolute atomic E-state index is 0.00732. The SMILES string of the molecule is Cc1nc(SCc2cccc(CC(N)C(=O)O)c2)sc1CC(=O)O. The van der Waals surface area contributed by atoms with Gasteiger partial charge < -0.3 is 15.9 Å². The summed E-state index contributed by atoms with van der Waals surface area (Å²) in [5, 5.41) is 17.7. The van der Waals surface area contributed by atoms with Gasteiger partial charge in [-0.2, -0.15) is 0 Å². The molecule has 0 aliphatic heterocycles. The third-order valence-electron chi connectivity index (χ3n) is 3.31. The average Bonchev–Trinajstić information content (AvgIpc) is 2.85. The van der Waals surface area contributed by atoms with Crippen molar-refractivity contribution in [2.24, 2.45) is 5.73 Å². The normalized spacial score (nSPS) is 12.1. The van der Waals surface area contributed by atoms with Crippen LogP contribution in [0.25, 0.3) is 0 Å². The number of nitrogens with zero attached hydrogens (tertiary/aromatic N) is 1. The molecule has 8 heteroatoms. The highest BCUT2D eigenvalue weighted by Crippen LogP contribution is 2.30. The number of hydrogen-bond donors (Lipinski definition) is 3. The Kier molecular flexibility index (Phi) is 6.36. The van der Waals surface area contributed by atoms with E-state index in [0.29, 0.717) is 5.75 Å². The zero-order valence-corrected chi connectivity index (χ0v) is 14.7. The molecule has 6 nitrogen and oxygen atoms in total. The largest absolute Gasteiger partial charge is 0.481 e. The van der Waals surface area contributed by atoms with Crippen molar-refractivity contribution in [1.29, 1.82) is 0 Å². The van der Waals surface area contributed by atoms with Crippen LogP contribution in [-0.4, -0.2) is 33.2 Å². The van der Waals surface area contributed by atoms with Crippen molar-refractivity contribution >= 4 is 35.0 Å². The summed E-state index contributed by atoms with van der Waals surface area (Å²) in [4.78, 5) is 26.8. The maximum absolute atomic E-state index is 10.8. The quantitative estimate of drug-likeness (QED) is 0.614. The van der Waals surface area contributed by atoms with Crippen molar-refractivity contribution in [3.8, 4) is 0 Å². The highest BCUT2D eigenvalue weighted by atomic mass is 32.2. The first-order chi connectivity index (χ1) is 11.3. The second-order valence-electron chi connectivity index (χ2n) is 5.32. The molecule has 1 atom stereocenters. The molecule has 0 spiro atoms. The predicted octanol–water partition coefficient (Wildman–Crippen LogP) is 2.33. The number of benzene rings is 1. The van der Waals surface area contributed by atoms with Gasteiger partial charge in [0.25, 0.3) is 0 Å². The Labute approximate surface area is 147 Å². The Balaban J connectivity index is 1.99. The first kappa shape index (κ1) is 18.4. The van der Waals surface area contributed by atoms with E-state index in [2.05, 4.69) is 4.98 Å². The molecule has 1 aromatic carbocycles. The fraction of sp³-hybridized carbons (Fsp3) is 0.312. The summed E-state index contributed by atoms with van der Waals surface area (Å²) < 4.78 is 0.830. The molecule has 1 unspecified atom stereocenters. The molecule has 24 heavy (non-hydrogen) atoms. The number of aliphatic carboxylic acids is 2. The molecule has 0 fully saturated rings. The van der Waals surface area contributed by atoms with Gasteiger partial charge in [0.2, 0.25) is 0 Å². The van der Waals surface area contributed by atoms with E-state index in [1.807, 2.05) is 31.2 Å². The Morgan fingerprint density at radius 3 is 2.71 bits per heavy atom. The third kappa shape index (κ3) is 5.33. The maximum Gasteiger partial charge on any atom is 0.320 e. The number of thiazole rings is 1. The number of aromatic nitrogens is 1. The predicted molar refractivity (Wildman–Crippen MR) is 93.5 cm³/mol. The molecule has 0 radical (unpaired) electrons. The molecular weight excluding hydrogens is 348 g/mol. The first-order valence-corrected chi connectivity index (χ1v) is 9.02. The zero-order chi connectivity index (χ0) is 17.7. The van der Waals surface area contributed by atoms with Crippen LogP contribution in [0.4, 0.5) is 0 Å². The Morgan fingerprint density at radius 2 is 2.04 bits per heavy atom. The van der Waals surface area contributed by atoms with Crippen LogP contribution < -0.4 is 5.73 Å². The highest BCUT2D eigenvalue weighted by molar-refractivity contribution is 8.00. The van der Waals surface area contributed by atoms with Gasteiger partial charge in [0.15, 0.2) is 4.34 Å². The van der Waals surface area contributed by atoms with Crippen molar-refractivity contribution in [1.82, 2.24) is 4.98 Å². The van der Waals surface area contributed by atoms with E-state index in [9.17, 15) is 9.59 Å². The summed E-state index contributed by atoms with van der Waals surface area (Å²) in [5.41, 5.74) is 8.24. The summed E-state index contributed by atoms with van der Waals surface area (Å²) >= 11 is 2.94. The molecule has 2 rings (SSSR count).